The SMILES string of the molecule is CC1(C)[C@@]2(C(=O)NC3CCCCC3)CC[C@]1(C)C(=O)O2. The minimum absolute atomic E-state index is 0.0658. The van der Waals surface area contributed by atoms with Crippen LogP contribution >= 0.6 is 0 Å². The van der Waals surface area contributed by atoms with E-state index in [1.54, 1.807) is 0 Å². The molecule has 1 saturated heterocycles. The molecule has 1 N–H and O–H groups in total. The molecule has 3 aliphatic rings. The van der Waals surface area contributed by atoms with Crippen LogP contribution in [0, 0.1) is 10.8 Å². The van der Waals surface area contributed by atoms with Gasteiger partial charge in [-0.2, -0.15) is 0 Å². The minimum Gasteiger partial charge on any atom is -0.448 e. The molecule has 2 atom stereocenters. The van der Waals surface area contributed by atoms with Crippen molar-refractivity contribution < 1.29 is 14.3 Å². The smallest absolute Gasteiger partial charge is 0.313 e. The summed E-state index contributed by atoms with van der Waals surface area (Å²) in [4.78, 5) is 25.0. The average molecular weight is 279 g/mol. The van der Waals surface area contributed by atoms with Crippen molar-refractivity contribution in [3.63, 3.8) is 0 Å². The summed E-state index contributed by atoms with van der Waals surface area (Å²) < 4.78 is 5.62. The quantitative estimate of drug-likeness (QED) is 0.790. The Labute approximate surface area is 120 Å². The highest BCUT2D eigenvalue weighted by atomic mass is 16.6. The molecule has 20 heavy (non-hydrogen) atoms. The van der Waals surface area contributed by atoms with Crippen LogP contribution in [0.15, 0.2) is 0 Å². The lowest BCUT2D eigenvalue weighted by Crippen LogP contribution is -2.55. The number of hydrogen-bond acceptors (Lipinski definition) is 3. The molecule has 0 aromatic carbocycles. The monoisotopic (exact) mass is 279 g/mol. The van der Waals surface area contributed by atoms with E-state index >= 15 is 0 Å². The number of fused-ring (bicyclic) bond motifs is 2. The Morgan fingerprint density at radius 3 is 2.30 bits per heavy atom. The molecule has 1 heterocycles. The normalized spacial score (nSPS) is 39.6. The van der Waals surface area contributed by atoms with E-state index in [9.17, 15) is 9.59 Å². The van der Waals surface area contributed by atoms with Crippen molar-refractivity contribution >= 4 is 11.9 Å². The largest absolute Gasteiger partial charge is 0.448 e. The summed E-state index contributed by atoms with van der Waals surface area (Å²) >= 11 is 0. The molecule has 2 saturated carbocycles. The standard InChI is InChI=1S/C16H25NO3/c1-14(2)15(3)9-10-16(14,20-13(15)19)12(18)17-11-7-5-4-6-8-11/h11H,4-10H2,1-3H3,(H,17,18)/t15-,16+/m1/s1. The van der Waals surface area contributed by atoms with Crippen molar-refractivity contribution in [3.8, 4) is 0 Å². The first-order valence-corrected chi connectivity index (χ1v) is 7.88. The van der Waals surface area contributed by atoms with Gasteiger partial charge in [-0.05, 0) is 32.6 Å². The molecule has 4 heteroatoms. The highest BCUT2D eigenvalue weighted by molar-refractivity contribution is 5.96. The maximum atomic E-state index is 12.8. The first-order chi connectivity index (χ1) is 9.33. The van der Waals surface area contributed by atoms with Gasteiger partial charge in [0.25, 0.3) is 5.91 Å². The molecule has 0 aromatic heterocycles. The molecule has 0 radical (unpaired) electrons. The maximum absolute atomic E-state index is 12.8. The molecular weight excluding hydrogens is 254 g/mol. The Kier molecular flexibility index (Phi) is 2.93. The molecule has 0 aromatic rings. The van der Waals surface area contributed by atoms with Crippen LogP contribution < -0.4 is 5.32 Å². The fourth-order valence-corrected chi connectivity index (χ4v) is 4.30. The predicted molar refractivity (Wildman–Crippen MR) is 75.0 cm³/mol. The zero-order chi connectivity index (χ0) is 14.6. The molecule has 112 valence electrons. The van der Waals surface area contributed by atoms with Gasteiger partial charge in [-0.25, -0.2) is 0 Å². The maximum Gasteiger partial charge on any atom is 0.313 e. The number of carbonyl (C=O) groups is 2. The second-order valence-electron chi connectivity index (χ2n) is 7.48. The van der Waals surface area contributed by atoms with Gasteiger partial charge in [-0.15, -0.1) is 0 Å². The van der Waals surface area contributed by atoms with E-state index in [-0.39, 0.29) is 17.9 Å². The zero-order valence-corrected chi connectivity index (χ0v) is 12.8. The Morgan fingerprint density at radius 1 is 1.15 bits per heavy atom. The Hall–Kier alpha value is -1.06. The Morgan fingerprint density at radius 2 is 1.80 bits per heavy atom. The third kappa shape index (κ3) is 1.54. The van der Waals surface area contributed by atoms with Crippen molar-refractivity contribution in [2.45, 2.75) is 77.4 Å². The first kappa shape index (κ1) is 13.9. The van der Waals surface area contributed by atoms with Gasteiger partial charge < -0.3 is 10.1 Å². The summed E-state index contributed by atoms with van der Waals surface area (Å²) in [5, 5.41) is 3.16. The highest BCUT2D eigenvalue weighted by Crippen LogP contribution is 2.65. The highest BCUT2D eigenvalue weighted by Gasteiger charge is 2.75. The van der Waals surface area contributed by atoms with Crippen LogP contribution in [0.4, 0.5) is 0 Å². The second kappa shape index (κ2) is 4.22. The summed E-state index contributed by atoms with van der Waals surface area (Å²) in [5.74, 6) is -0.267. The fraction of sp³-hybridized carbons (Fsp3) is 0.875. The van der Waals surface area contributed by atoms with E-state index in [0.29, 0.717) is 6.42 Å². The van der Waals surface area contributed by atoms with Crippen LogP contribution in [0.5, 0.6) is 0 Å². The summed E-state index contributed by atoms with van der Waals surface area (Å²) in [6.07, 6.45) is 7.12. The lowest BCUT2D eigenvalue weighted by atomic mass is 9.66. The van der Waals surface area contributed by atoms with Gasteiger partial charge in [0.1, 0.15) is 0 Å². The van der Waals surface area contributed by atoms with Gasteiger partial charge >= 0.3 is 5.97 Å². The van der Waals surface area contributed by atoms with Crippen LogP contribution in [-0.4, -0.2) is 23.5 Å². The van der Waals surface area contributed by atoms with Crippen molar-refractivity contribution in [2.24, 2.45) is 10.8 Å². The minimum atomic E-state index is -0.948. The van der Waals surface area contributed by atoms with Crippen molar-refractivity contribution in [1.29, 1.82) is 0 Å². The zero-order valence-electron chi connectivity index (χ0n) is 12.8. The number of nitrogens with one attached hydrogen (secondary N) is 1. The Bertz CT molecular complexity index is 453. The Balaban J connectivity index is 1.82. The van der Waals surface area contributed by atoms with Gasteiger partial charge in [0.15, 0.2) is 5.60 Å². The van der Waals surface area contributed by atoms with Crippen LogP contribution in [-0.2, 0) is 14.3 Å². The number of rotatable bonds is 2. The molecule has 4 nitrogen and oxygen atoms in total. The van der Waals surface area contributed by atoms with Gasteiger partial charge in [0, 0.05) is 11.5 Å². The molecule has 2 bridgehead atoms. The topological polar surface area (TPSA) is 55.4 Å². The first-order valence-electron chi connectivity index (χ1n) is 7.88. The van der Waals surface area contributed by atoms with E-state index in [2.05, 4.69) is 5.32 Å². The molecule has 1 amide bonds. The van der Waals surface area contributed by atoms with E-state index in [1.165, 1.54) is 19.3 Å². The molecule has 3 rings (SSSR count). The summed E-state index contributed by atoms with van der Waals surface area (Å²) in [6, 6.07) is 0.257. The third-order valence-corrected chi connectivity index (χ3v) is 6.39. The second-order valence-corrected chi connectivity index (χ2v) is 7.48. The number of carbonyl (C=O) groups excluding carboxylic acids is 2. The molecule has 3 fully saturated rings. The van der Waals surface area contributed by atoms with E-state index in [1.807, 2.05) is 20.8 Å². The van der Waals surface area contributed by atoms with E-state index < -0.39 is 16.4 Å². The van der Waals surface area contributed by atoms with Gasteiger partial charge in [-0.1, -0.05) is 33.1 Å². The fourth-order valence-electron chi connectivity index (χ4n) is 4.30. The van der Waals surface area contributed by atoms with Crippen LogP contribution in [0.3, 0.4) is 0 Å². The molecule has 1 aliphatic heterocycles. The lowest BCUT2D eigenvalue weighted by Gasteiger charge is -2.37. The number of ether oxygens (including phenoxy) is 1. The summed E-state index contributed by atoms with van der Waals surface area (Å²) in [7, 11) is 0. The number of amides is 1. The lowest BCUT2D eigenvalue weighted by molar-refractivity contribution is -0.168. The number of esters is 1. The number of hydrogen-bond donors (Lipinski definition) is 1. The summed E-state index contributed by atoms with van der Waals surface area (Å²) in [5.41, 5.74) is -1.90. The van der Waals surface area contributed by atoms with Crippen LogP contribution in [0.1, 0.15) is 65.7 Å². The molecule has 2 aliphatic carbocycles. The third-order valence-electron chi connectivity index (χ3n) is 6.39. The van der Waals surface area contributed by atoms with Gasteiger partial charge in [0.2, 0.25) is 0 Å². The van der Waals surface area contributed by atoms with Gasteiger partial charge in [-0.3, -0.25) is 9.59 Å². The van der Waals surface area contributed by atoms with Gasteiger partial charge in [0.05, 0.1) is 5.41 Å². The van der Waals surface area contributed by atoms with Crippen molar-refractivity contribution in [1.82, 2.24) is 5.32 Å². The average Bonchev–Trinajstić information content (AvgIpc) is 2.70. The molecular formula is C16H25NO3. The summed E-state index contributed by atoms with van der Waals surface area (Å²) in [6.45, 7) is 5.95. The van der Waals surface area contributed by atoms with E-state index in [0.717, 1.165) is 19.3 Å². The van der Waals surface area contributed by atoms with Crippen molar-refractivity contribution in [2.75, 3.05) is 0 Å². The molecule has 0 unspecified atom stereocenters. The van der Waals surface area contributed by atoms with E-state index in [4.69, 9.17) is 4.74 Å². The molecule has 0 spiro atoms. The van der Waals surface area contributed by atoms with Crippen molar-refractivity contribution in [3.05, 3.63) is 0 Å². The van der Waals surface area contributed by atoms with Crippen LogP contribution in [0.25, 0.3) is 0 Å². The van der Waals surface area contributed by atoms with Crippen LogP contribution in [0.2, 0.25) is 0 Å². The predicted octanol–water partition coefficient (Wildman–Crippen LogP) is 2.56.